The molecule has 2 fully saturated rings. The quantitative estimate of drug-likeness (QED) is 0.476. The van der Waals surface area contributed by atoms with Gasteiger partial charge < -0.3 is 10.6 Å². The topological polar surface area (TPSA) is 108 Å². The maximum Gasteiger partial charge on any atom is 0.264 e. The molecule has 3 aliphatic rings. The second-order valence-corrected chi connectivity index (χ2v) is 7.62. The Morgan fingerprint density at radius 3 is 2.61 bits per heavy atom. The first-order chi connectivity index (χ1) is 13.6. The Balaban J connectivity index is 1.43. The van der Waals surface area contributed by atoms with Crippen LogP contribution in [0.15, 0.2) is 18.2 Å². The summed E-state index contributed by atoms with van der Waals surface area (Å²) >= 11 is 0. The molecule has 0 bridgehead atoms. The first-order valence-corrected chi connectivity index (χ1v) is 9.85. The van der Waals surface area contributed by atoms with E-state index in [-0.39, 0.29) is 18.7 Å². The van der Waals surface area contributed by atoms with Gasteiger partial charge in [0.1, 0.15) is 6.04 Å². The van der Waals surface area contributed by atoms with E-state index >= 15 is 0 Å². The van der Waals surface area contributed by atoms with Crippen molar-refractivity contribution in [1.29, 1.82) is 0 Å². The van der Waals surface area contributed by atoms with Crippen molar-refractivity contribution in [3.63, 3.8) is 0 Å². The van der Waals surface area contributed by atoms with Crippen LogP contribution in [-0.4, -0.2) is 54.2 Å². The number of fused-ring (bicyclic) bond motifs is 1. The molecule has 28 heavy (non-hydrogen) atoms. The van der Waals surface area contributed by atoms with Crippen LogP contribution in [0.5, 0.6) is 0 Å². The van der Waals surface area contributed by atoms with E-state index in [0.717, 1.165) is 43.3 Å². The van der Waals surface area contributed by atoms with Crippen molar-refractivity contribution in [2.24, 2.45) is 5.92 Å². The van der Waals surface area contributed by atoms with Crippen molar-refractivity contribution in [2.75, 3.05) is 25.0 Å². The fourth-order valence-electron chi connectivity index (χ4n) is 4.00. The van der Waals surface area contributed by atoms with E-state index in [1.807, 2.05) is 0 Å². The summed E-state index contributed by atoms with van der Waals surface area (Å²) in [6.45, 7) is 2.93. The summed E-state index contributed by atoms with van der Waals surface area (Å²) < 4.78 is 0. The lowest BCUT2D eigenvalue weighted by molar-refractivity contribution is -0.136. The van der Waals surface area contributed by atoms with Gasteiger partial charge in [-0.1, -0.05) is 12.5 Å². The maximum absolute atomic E-state index is 13.0. The van der Waals surface area contributed by atoms with Crippen molar-refractivity contribution in [3.8, 4) is 0 Å². The minimum atomic E-state index is -0.936. The Kier molecular flexibility index (Phi) is 5.13. The van der Waals surface area contributed by atoms with Gasteiger partial charge in [0, 0.05) is 18.7 Å². The molecule has 148 valence electrons. The molecular formula is C20H24N4O4. The molecule has 3 aliphatic heterocycles. The third kappa shape index (κ3) is 3.40. The number of carbonyl (C=O) groups is 4. The highest BCUT2D eigenvalue weighted by Crippen LogP contribution is 2.32. The van der Waals surface area contributed by atoms with Crippen LogP contribution in [0.4, 0.5) is 5.69 Å². The summed E-state index contributed by atoms with van der Waals surface area (Å²) in [6.07, 6.45) is 3.57. The van der Waals surface area contributed by atoms with Gasteiger partial charge in [-0.2, -0.15) is 0 Å². The average molecular weight is 384 g/mol. The summed E-state index contributed by atoms with van der Waals surface area (Å²) in [5.41, 5.74) is 1.25. The van der Waals surface area contributed by atoms with E-state index in [9.17, 15) is 19.2 Å². The van der Waals surface area contributed by atoms with E-state index in [0.29, 0.717) is 16.8 Å². The van der Waals surface area contributed by atoms with Crippen LogP contribution in [0.3, 0.4) is 0 Å². The molecule has 4 amide bonds. The number of amides is 4. The summed E-state index contributed by atoms with van der Waals surface area (Å²) in [7, 11) is 0. The second-order valence-electron chi connectivity index (χ2n) is 7.62. The summed E-state index contributed by atoms with van der Waals surface area (Å²) in [5.74, 6) is -1.14. The number of piperidine rings is 1. The Hall–Kier alpha value is -2.74. The zero-order valence-electron chi connectivity index (χ0n) is 15.6. The number of unbranched alkanes of at least 4 members (excludes halogenated alkanes) is 1. The molecule has 0 aliphatic carbocycles. The van der Waals surface area contributed by atoms with Gasteiger partial charge in [0.05, 0.1) is 11.1 Å². The number of benzene rings is 1. The molecule has 3 N–H and O–H groups in total. The van der Waals surface area contributed by atoms with Crippen LogP contribution in [0.25, 0.3) is 0 Å². The zero-order chi connectivity index (χ0) is 19.7. The second kappa shape index (κ2) is 7.71. The van der Waals surface area contributed by atoms with Gasteiger partial charge in [0.15, 0.2) is 0 Å². The molecule has 8 nitrogen and oxygen atoms in total. The van der Waals surface area contributed by atoms with Crippen LogP contribution in [0.1, 0.15) is 52.8 Å². The van der Waals surface area contributed by atoms with Gasteiger partial charge in [-0.05, 0) is 50.4 Å². The lowest BCUT2D eigenvalue weighted by Gasteiger charge is -2.27. The Labute approximate surface area is 163 Å². The van der Waals surface area contributed by atoms with E-state index in [1.54, 1.807) is 18.2 Å². The van der Waals surface area contributed by atoms with E-state index in [1.165, 1.54) is 6.42 Å². The van der Waals surface area contributed by atoms with Gasteiger partial charge in [0.25, 0.3) is 11.8 Å². The van der Waals surface area contributed by atoms with Crippen molar-refractivity contribution in [3.05, 3.63) is 29.3 Å². The van der Waals surface area contributed by atoms with Gasteiger partial charge in [0.2, 0.25) is 11.8 Å². The molecule has 1 unspecified atom stereocenters. The SMILES string of the molecule is O=C1CCC(N2C(=O)c3cccc(NCCCCC4CNC4)c3C2=O)C(=O)N1. The van der Waals surface area contributed by atoms with Gasteiger partial charge in [-0.15, -0.1) is 0 Å². The molecule has 0 aromatic heterocycles. The molecule has 0 spiro atoms. The standard InChI is InChI=1S/C20H24N4O4/c25-16-8-7-15(18(26)23-16)24-19(27)13-5-3-6-14(17(13)20(24)28)22-9-2-1-4-12-10-21-11-12/h3,5-6,12,15,21-22H,1-2,4,7-11H2,(H,23,25,26). The Morgan fingerprint density at radius 2 is 1.89 bits per heavy atom. The number of hydrogen-bond acceptors (Lipinski definition) is 6. The highest BCUT2D eigenvalue weighted by atomic mass is 16.2. The molecule has 0 radical (unpaired) electrons. The molecule has 1 aromatic carbocycles. The zero-order valence-corrected chi connectivity index (χ0v) is 15.6. The number of imide groups is 2. The van der Waals surface area contributed by atoms with E-state index in [2.05, 4.69) is 16.0 Å². The molecule has 8 heteroatoms. The van der Waals surface area contributed by atoms with Gasteiger partial charge in [-0.3, -0.25) is 29.4 Å². The minimum Gasteiger partial charge on any atom is -0.384 e. The lowest BCUT2D eigenvalue weighted by atomic mass is 9.96. The molecule has 1 atom stereocenters. The number of nitrogens with one attached hydrogen (secondary N) is 3. The van der Waals surface area contributed by atoms with Crippen molar-refractivity contribution in [2.45, 2.75) is 38.1 Å². The van der Waals surface area contributed by atoms with Crippen LogP contribution in [0, 0.1) is 5.92 Å². The van der Waals surface area contributed by atoms with Gasteiger partial charge in [-0.25, -0.2) is 0 Å². The number of rotatable bonds is 7. The molecule has 1 aromatic rings. The number of nitrogens with zero attached hydrogens (tertiary/aromatic N) is 1. The highest BCUT2D eigenvalue weighted by molar-refractivity contribution is 6.25. The predicted molar refractivity (Wildman–Crippen MR) is 102 cm³/mol. The summed E-state index contributed by atoms with van der Waals surface area (Å²) in [4.78, 5) is 50.3. The number of hydrogen-bond donors (Lipinski definition) is 3. The average Bonchev–Trinajstić information content (AvgIpc) is 2.88. The fraction of sp³-hybridized carbons (Fsp3) is 0.500. The summed E-state index contributed by atoms with van der Waals surface area (Å²) in [5, 5.41) is 8.75. The van der Waals surface area contributed by atoms with Gasteiger partial charge >= 0.3 is 0 Å². The Morgan fingerprint density at radius 1 is 1.07 bits per heavy atom. The third-order valence-electron chi connectivity index (χ3n) is 5.69. The molecular weight excluding hydrogens is 360 g/mol. The molecule has 2 saturated heterocycles. The largest absolute Gasteiger partial charge is 0.384 e. The maximum atomic E-state index is 13.0. The number of carbonyl (C=O) groups excluding carboxylic acids is 4. The highest BCUT2D eigenvalue weighted by Gasteiger charge is 2.45. The smallest absolute Gasteiger partial charge is 0.264 e. The van der Waals surface area contributed by atoms with E-state index < -0.39 is 23.8 Å². The summed E-state index contributed by atoms with van der Waals surface area (Å²) in [6, 6.07) is 4.19. The third-order valence-corrected chi connectivity index (χ3v) is 5.69. The normalized spacial score (nSPS) is 22.1. The van der Waals surface area contributed by atoms with Crippen LogP contribution >= 0.6 is 0 Å². The lowest BCUT2D eigenvalue weighted by Crippen LogP contribution is -2.54. The minimum absolute atomic E-state index is 0.117. The van der Waals surface area contributed by atoms with Crippen LogP contribution < -0.4 is 16.0 Å². The van der Waals surface area contributed by atoms with Crippen molar-refractivity contribution < 1.29 is 19.2 Å². The van der Waals surface area contributed by atoms with Crippen molar-refractivity contribution >= 4 is 29.3 Å². The monoisotopic (exact) mass is 384 g/mol. The van der Waals surface area contributed by atoms with E-state index in [4.69, 9.17) is 0 Å². The Bertz CT molecular complexity index is 833. The van der Waals surface area contributed by atoms with Crippen LogP contribution in [0.2, 0.25) is 0 Å². The first-order valence-electron chi connectivity index (χ1n) is 9.85. The molecule has 3 heterocycles. The predicted octanol–water partition coefficient (Wildman–Crippen LogP) is 0.889. The molecule has 4 rings (SSSR count). The van der Waals surface area contributed by atoms with Crippen molar-refractivity contribution in [1.82, 2.24) is 15.5 Å². The number of anilines is 1. The fourth-order valence-corrected chi connectivity index (χ4v) is 4.00. The van der Waals surface area contributed by atoms with Crippen LogP contribution in [-0.2, 0) is 9.59 Å². The first kappa shape index (κ1) is 18.6. The molecule has 0 saturated carbocycles.